The van der Waals surface area contributed by atoms with E-state index in [1.54, 1.807) is 12.1 Å². The van der Waals surface area contributed by atoms with Gasteiger partial charge >= 0.3 is 0 Å². The molecule has 8 heteroatoms. The zero-order valence-corrected chi connectivity index (χ0v) is 19.8. The van der Waals surface area contributed by atoms with Gasteiger partial charge in [0.2, 0.25) is 17.7 Å². The Bertz CT molecular complexity index is 858. The number of amides is 3. The highest BCUT2D eigenvalue weighted by molar-refractivity contribution is 6.11. The van der Waals surface area contributed by atoms with Crippen molar-refractivity contribution in [1.29, 1.82) is 0 Å². The van der Waals surface area contributed by atoms with Gasteiger partial charge in [-0.3, -0.25) is 19.3 Å². The van der Waals surface area contributed by atoms with E-state index in [2.05, 4.69) is 25.8 Å². The number of hydrogen-bond acceptors (Lipinski definition) is 6. The van der Waals surface area contributed by atoms with Crippen LogP contribution in [0.1, 0.15) is 32.3 Å². The van der Waals surface area contributed by atoms with Crippen LogP contribution >= 0.6 is 0 Å². The Hall–Kier alpha value is -2.45. The molecule has 2 aliphatic rings. The van der Waals surface area contributed by atoms with Crippen LogP contribution in [0.3, 0.4) is 0 Å². The number of likely N-dealkylation sites (N-methyl/N-ethyl adjacent to an activating group) is 1. The molecule has 1 aromatic carbocycles. The van der Waals surface area contributed by atoms with E-state index in [1.807, 2.05) is 17.0 Å². The number of rotatable bonds is 8. The zero-order valence-electron chi connectivity index (χ0n) is 19.8. The second kappa shape index (κ2) is 10.0. The van der Waals surface area contributed by atoms with Gasteiger partial charge in [-0.2, -0.15) is 0 Å². The fourth-order valence-electron chi connectivity index (χ4n) is 4.89. The molecular formula is C24H35N3O5. The number of nitrogens with zero attached hydrogens (tertiary/aromatic N) is 3. The lowest BCUT2D eigenvalue weighted by Gasteiger charge is -2.43. The Balaban J connectivity index is 2.00. The summed E-state index contributed by atoms with van der Waals surface area (Å²) in [4.78, 5) is 45.7. The molecule has 2 atom stereocenters. The van der Waals surface area contributed by atoms with Crippen molar-refractivity contribution in [2.75, 3.05) is 54.1 Å². The van der Waals surface area contributed by atoms with Crippen LogP contribution in [-0.4, -0.2) is 92.5 Å². The summed E-state index contributed by atoms with van der Waals surface area (Å²) >= 11 is 0. The number of para-hydroxylation sites is 1. The van der Waals surface area contributed by atoms with Crippen LogP contribution in [0, 0.1) is 5.92 Å². The molecule has 3 rings (SSSR count). The van der Waals surface area contributed by atoms with Gasteiger partial charge in [0.05, 0.1) is 25.7 Å². The molecule has 0 radical (unpaired) electrons. The van der Waals surface area contributed by atoms with Crippen LogP contribution in [0.2, 0.25) is 0 Å². The third kappa shape index (κ3) is 4.52. The highest BCUT2D eigenvalue weighted by atomic mass is 16.5. The van der Waals surface area contributed by atoms with Gasteiger partial charge in [-0.25, -0.2) is 0 Å². The molecule has 176 valence electrons. The fourth-order valence-corrected chi connectivity index (χ4v) is 4.89. The van der Waals surface area contributed by atoms with Crippen molar-refractivity contribution in [2.24, 2.45) is 5.92 Å². The van der Waals surface area contributed by atoms with Crippen LogP contribution in [0.4, 0.5) is 0 Å². The van der Waals surface area contributed by atoms with Crippen molar-refractivity contribution in [3.8, 4) is 5.75 Å². The summed E-state index contributed by atoms with van der Waals surface area (Å²) in [6.07, 6.45) is -0.115. The van der Waals surface area contributed by atoms with Crippen molar-refractivity contribution < 1.29 is 23.9 Å². The fraction of sp³-hybridized carbons (Fsp3) is 0.625. The molecular weight excluding hydrogens is 410 g/mol. The molecule has 2 fully saturated rings. The quantitative estimate of drug-likeness (QED) is 0.565. The average molecular weight is 446 g/mol. The normalized spacial score (nSPS) is 24.5. The lowest BCUT2D eigenvalue weighted by Crippen LogP contribution is -2.57. The average Bonchev–Trinajstić information content (AvgIpc) is 3.01. The van der Waals surface area contributed by atoms with E-state index in [1.165, 1.54) is 19.1 Å². The van der Waals surface area contributed by atoms with Crippen LogP contribution < -0.4 is 4.74 Å². The van der Waals surface area contributed by atoms with Crippen molar-refractivity contribution in [3.05, 3.63) is 29.8 Å². The molecule has 2 heterocycles. The van der Waals surface area contributed by atoms with Gasteiger partial charge in [0.15, 0.2) is 0 Å². The number of carbonyl (C=O) groups is 3. The van der Waals surface area contributed by atoms with Gasteiger partial charge < -0.3 is 19.3 Å². The van der Waals surface area contributed by atoms with Crippen molar-refractivity contribution in [1.82, 2.24) is 14.7 Å². The summed E-state index contributed by atoms with van der Waals surface area (Å²) in [6, 6.07) is 7.25. The van der Waals surface area contributed by atoms with E-state index < -0.39 is 5.41 Å². The molecule has 2 aliphatic heterocycles. The highest BCUT2D eigenvalue weighted by Gasteiger charge is 2.55. The first-order valence-electron chi connectivity index (χ1n) is 11.2. The minimum atomic E-state index is -1.28. The monoisotopic (exact) mass is 445 g/mol. The molecule has 0 unspecified atom stereocenters. The number of ether oxygens (including phenoxy) is 2. The third-order valence-electron chi connectivity index (χ3n) is 6.71. The van der Waals surface area contributed by atoms with E-state index in [-0.39, 0.29) is 55.7 Å². The number of hydrogen-bond donors (Lipinski definition) is 0. The molecule has 0 spiro atoms. The second-order valence-corrected chi connectivity index (χ2v) is 9.14. The summed E-state index contributed by atoms with van der Waals surface area (Å²) in [7, 11) is 5.12. The van der Waals surface area contributed by atoms with Crippen molar-refractivity contribution >= 4 is 17.7 Å². The Morgan fingerprint density at radius 1 is 1.19 bits per heavy atom. The Morgan fingerprint density at radius 3 is 2.56 bits per heavy atom. The number of imide groups is 1. The van der Waals surface area contributed by atoms with Crippen molar-refractivity contribution in [3.63, 3.8) is 0 Å². The number of carbonyl (C=O) groups excluding carboxylic acids is 3. The van der Waals surface area contributed by atoms with Crippen LogP contribution in [0.5, 0.6) is 5.75 Å². The number of methoxy groups -OCH3 is 2. The largest absolute Gasteiger partial charge is 0.496 e. The number of benzene rings is 1. The molecule has 0 N–H and O–H groups in total. The van der Waals surface area contributed by atoms with E-state index in [0.29, 0.717) is 17.9 Å². The van der Waals surface area contributed by atoms with E-state index in [9.17, 15) is 14.4 Å². The standard InChI is InChI=1S/C24H35N3O5/c1-17(2)19-16-25(3)10-11-26(19)21(28)14-24(18-8-6-7-9-20(18)32-5)15-22(29)27(23(24)30)12-13-31-4/h6-9,17,19H,10-16H2,1-5H3/t19-,24-/m1/s1. The lowest BCUT2D eigenvalue weighted by molar-refractivity contribution is -0.145. The summed E-state index contributed by atoms with van der Waals surface area (Å²) in [6.45, 7) is 6.81. The Morgan fingerprint density at radius 2 is 1.91 bits per heavy atom. The van der Waals surface area contributed by atoms with E-state index in [0.717, 1.165) is 13.1 Å². The molecule has 0 aliphatic carbocycles. The van der Waals surface area contributed by atoms with E-state index >= 15 is 0 Å². The maximum atomic E-state index is 13.7. The predicted molar refractivity (Wildman–Crippen MR) is 120 cm³/mol. The first kappa shape index (κ1) is 24.2. The van der Waals surface area contributed by atoms with Gasteiger partial charge in [-0.05, 0) is 19.0 Å². The number of piperazine rings is 1. The minimum absolute atomic E-state index is 0.0538. The molecule has 32 heavy (non-hydrogen) atoms. The SMILES string of the molecule is COCCN1C(=O)C[C@](CC(=O)N2CCN(C)C[C@@H]2C(C)C)(c2ccccc2OC)C1=O. The molecule has 0 saturated carbocycles. The Kier molecular flexibility index (Phi) is 7.56. The predicted octanol–water partition coefficient (Wildman–Crippen LogP) is 1.53. The van der Waals surface area contributed by atoms with Crippen LogP contribution in [0.15, 0.2) is 24.3 Å². The third-order valence-corrected chi connectivity index (χ3v) is 6.71. The first-order chi connectivity index (χ1) is 15.2. The van der Waals surface area contributed by atoms with Crippen LogP contribution in [0.25, 0.3) is 0 Å². The summed E-state index contributed by atoms with van der Waals surface area (Å²) < 4.78 is 10.6. The molecule has 0 bridgehead atoms. The molecule has 8 nitrogen and oxygen atoms in total. The minimum Gasteiger partial charge on any atom is -0.496 e. The van der Waals surface area contributed by atoms with E-state index in [4.69, 9.17) is 9.47 Å². The van der Waals surface area contributed by atoms with Gasteiger partial charge in [0, 0.05) is 51.2 Å². The van der Waals surface area contributed by atoms with Crippen LogP contribution in [-0.2, 0) is 24.5 Å². The van der Waals surface area contributed by atoms with Gasteiger partial charge in [0.1, 0.15) is 5.75 Å². The summed E-state index contributed by atoms with van der Waals surface area (Å²) in [5.41, 5.74) is -0.691. The second-order valence-electron chi connectivity index (χ2n) is 9.14. The zero-order chi connectivity index (χ0) is 23.5. The summed E-state index contributed by atoms with van der Waals surface area (Å²) in [5, 5.41) is 0. The van der Waals surface area contributed by atoms with Crippen molar-refractivity contribution in [2.45, 2.75) is 38.1 Å². The molecule has 2 saturated heterocycles. The smallest absolute Gasteiger partial charge is 0.241 e. The molecule has 3 amide bonds. The lowest BCUT2D eigenvalue weighted by atomic mass is 9.75. The maximum Gasteiger partial charge on any atom is 0.241 e. The van der Waals surface area contributed by atoms with Gasteiger partial charge in [-0.1, -0.05) is 32.0 Å². The highest BCUT2D eigenvalue weighted by Crippen LogP contribution is 2.44. The van der Waals surface area contributed by atoms with Gasteiger partial charge in [0.25, 0.3) is 0 Å². The molecule has 1 aromatic rings. The van der Waals surface area contributed by atoms with Gasteiger partial charge in [-0.15, -0.1) is 0 Å². The topological polar surface area (TPSA) is 79.4 Å². The number of likely N-dealkylation sites (tertiary alicyclic amines) is 1. The Labute approximate surface area is 190 Å². The maximum absolute atomic E-state index is 13.7. The summed E-state index contributed by atoms with van der Waals surface area (Å²) in [5.74, 6) is 0.0477. The first-order valence-corrected chi connectivity index (χ1v) is 11.2. The molecule has 0 aromatic heterocycles.